The van der Waals surface area contributed by atoms with Crippen molar-refractivity contribution in [2.24, 2.45) is 0 Å². The number of amides is 1. The number of rotatable bonds is 6. The Bertz CT molecular complexity index is 575. The summed E-state index contributed by atoms with van der Waals surface area (Å²) in [6.07, 6.45) is 4.83. The summed E-state index contributed by atoms with van der Waals surface area (Å²) in [6.45, 7) is 2.21. The Kier molecular flexibility index (Phi) is 6.00. The van der Waals surface area contributed by atoms with Gasteiger partial charge in [-0.3, -0.25) is 4.79 Å². The molecule has 1 N–H and O–H groups in total. The van der Waals surface area contributed by atoms with Crippen molar-refractivity contribution in [3.63, 3.8) is 0 Å². The number of halogens is 1. The number of unbranched alkanes of at least 4 members (excludes halogenated alkanes) is 2. The highest BCUT2D eigenvalue weighted by Crippen LogP contribution is 2.15. The normalized spacial score (nSPS) is 10.4. The molecule has 110 valence electrons. The van der Waals surface area contributed by atoms with Crippen molar-refractivity contribution in [1.29, 1.82) is 0 Å². The minimum absolute atomic E-state index is 0.0822. The fourth-order valence-electron chi connectivity index (χ4n) is 2.14. The van der Waals surface area contributed by atoms with Crippen LogP contribution in [0.15, 0.2) is 53.0 Å². The van der Waals surface area contributed by atoms with E-state index in [9.17, 15) is 4.79 Å². The zero-order valence-corrected chi connectivity index (χ0v) is 13.8. The van der Waals surface area contributed by atoms with Gasteiger partial charge in [-0.25, -0.2) is 0 Å². The van der Waals surface area contributed by atoms with Gasteiger partial charge in [-0.1, -0.05) is 47.8 Å². The topological polar surface area (TPSA) is 29.1 Å². The first kappa shape index (κ1) is 15.8. The van der Waals surface area contributed by atoms with Gasteiger partial charge in [-0.05, 0) is 54.8 Å². The number of carbonyl (C=O) groups excluding carboxylic acids is 1. The van der Waals surface area contributed by atoms with Gasteiger partial charge in [0.1, 0.15) is 0 Å². The molecule has 21 heavy (non-hydrogen) atoms. The third-order valence-corrected chi connectivity index (χ3v) is 3.92. The largest absolute Gasteiger partial charge is 0.322 e. The minimum atomic E-state index is -0.0822. The molecule has 0 aliphatic rings. The van der Waals surface area contributed by atoms with Crippen molar-refractivity contribution >= 4 is 27.5 Å². The van der Waals surface area contributed by atoms with Crippen LogP contribution < -0.4 is 5.32 Å². The lowest BCUT2D eigenvalue weighted by Gasteiger charge is -2.07. The second-order valence-corrected chi connectivity index (χ2v) is 6.03. The summed E-state index contributed by atoms with van der Waals surface area (Å²) in [5, 5.41) is 2.92. The zero-order valence-electron chi connectivity index (χ0n) is 12.2. The fourth-order valence-corrected chi connectivity index (χ4v) is 2.40. The first-order valence-electron chi connectivity index (χ1n) is 7.35. The van der Waals surface area contributed by atoms with E-state index in [1.807, 2.05) is 24.3 Å². The molecule has 0 aromatic heterocycles. The van der Waals surface area contributed by atoms with E-state index < -0.39 is 0 Å². The van der Waals surface area contributed by atoms with E-state index in [2.05, 4.69) is 40.3 Å². The van der Waals surface area contributed by atoms with Crippen LogP contribution in [0.5, 0.6) is 0 Å². The standard InChI is InChI=1S/C18H20BrNO/c1-2-3-4-5-14-6-12-17(13-7-14)20-18(21)15-8-10-16(19)11-9-15/h6-13H,2-5H2,1H3,(H,20,21). The lowest BCUT2D eigenvalue weighted by Crippen LogP contribution is -2.11. The van der Waals surface area contributed by atoms with Crippen molar-refractivity contribution in [2.75, 3.05) is 5.32 Å². The summed E-state index contributed by atoms with van der Waals surface area (Å²) < 4.78 is 0.968. The van der Waals surface area contributed by atoms with Crippen molar-refractivity contribution < 1.29 is 4.79 Å². The molecule has 0 fully saturated rings. The Morgan fingerprint density at radius 2 is 1.67 bits per heavy atom. The van der Waals surface area contributed by atoms with Crippen molar-refractivity contribution in [1.82, 2.24) is 0 Å². The van der Waals surface area contributed by atoms with E-state index in [4.69, 9.17) is 0 Å². The maximum absolute atomic E-state index is 12.1. The summed E-state index contributed by atoms with van der Waals surface area (Å²) in [5.41, 5.74) is 2.82. The van der Waals surface area contributed by atoms with Crippen LogP contribution >= 0.6 is 15.9 Å². The predicted octanol–water partition coefficient (Wildman–Crippen LogP) is 5.43. The lowest BCUT2D eigenvalue weighted by molar-refractivity contribution is 0.102. The average molecular weight is 346 g/mol. The summed E-state index contributed by atoms with van der Waals surface area (Å²) in [7, 11) is 0. The Hall–Kier alpha value is -1.61. The van der Waals surface area contributed by atoms with Crippen LogP contribution in [-0.4, -0.2) is 5.91 Å². The van der Waals surface area contributed by atoms with Crippen molar-refractivity contribution in [3.05, 3.63) is 64.1 Å². The van der Waals surface area contributed by atoms with Gasteiger partial charge in [0.25, 0.3) is 5.91 Å². The van der Waals surface area contributed by atoms with Gasteiger partial charge in [-0.15, -0.1) is 0 Å². The lowest BCUT2D eigenvalue weighted by atomic mass is 10.1. The molecule has 0 bridgehead atoms. The third-order valence-electron chi connectivity index (χ3n) is 3.39. The molecule has 0 aliphatic heterocycles. The predicted molar refractivity (Wildman–Crippen MR) is 91.8 cm³/mol. The van der Waals surface area contributed by atoms with Crippen LogP contribution in [0, 0.1) is 0 Å². The van der Waals surface area contributed by atoms with Gasteiger partial charge in [0, 0.05) is 15.7 Å². The molecule has 0 radical (unpaired) electrons. The van der Waals surface area contributed by atoms with Crippen LogP contribution in [0.2, 0.25) is 0 Å². The number of nitrogens with one attached hydrogen (secondary N) is 1. The molecule has 2 rings (SSSR count). The van der Waals surface area contributed by atoms with Gasteiger partial charge in [0.05, 0.1) is 0 Å². The highest BCUT2D eigenvalue weighted by Gasteiger charge is 2.05. The summed E-state index contributed by atoms with van der Waals surface area (Å²) >= 11 is 3.36. The summed E-state index contributed by atoms with van der Waals surface area (Å²) in [5.74, 6) is -0.0822. The molecule has 1 amide bonds. The van der Waals surface area contributed by atoms with Gasteiger partial charge >= 0.3 is 0 Å². The molecule has 0 saturated heterocycles. The quantitative estimate of drug-likeness (QED) is 0.694. The second-order valence-electron chi connectivity index (χ2n) is 5.12. The minimum Gasteiger partial charge on any atom is -0.322 e. The van der Waals surface area contributed by atoms with Crippen LogP contribution in [0.4, 0.5) is 5.69 Å². The highest BCUT2D eigenvalue weighted by atomic mass is 79.9. The van der Waals surface area contributed by atoms with Crippen molar-refractivity contribution in [3.8, 4) is 0 Å². The Morgan fingerprint density at radius 1 is 1.00 bits per heavy atom. The summed E-state index contributed by atoms with van der Waals surface area (Å²) in [4.78, 5) is 12.1. The Balaban J connectivity index is 1.93. The van der Waals surface area contributed by atoms with Crippen molar-refractivity contribution in [2.45, 2.75) is 32.6 Å². The van der Waals surface area contributed by atoms with Gasteiger partial charge in [0.2, 0.25) is 0 Å². The molecule has 0 heterocycles. The molecule has 0 saturated carbocycles. The monoisotopic (exact) mass is 345 g/mol. The number of hydrogen-bond donors (Lipinski definition) is 1. The maximum Gasteiger partial charge on any atom is 0.255 e. The van der Waals surface area contributed by atoms with E-state index in [0.717, 1.165) is 16.6 Å². The van der Waals surface area contributed by atoms with Gasteiger partial charge in [0.15, 0.2) is 0 Å². The molecular weight excluding hydrogens is 326 g/mol. The number of aryl methyl sites for hydroxylation is 1. The van der Waals surface area contributed by atoms with E-state index in [1.165, 1.54) is 24.8 Å². The Morgan fingerprint density at radius 3 is 2.29 bits per heavy atom. The molecule has 0 spiro atoms. The number of anilines is 1. The first-order chi connectivity index (χ1) is 10.2. The number of benzene rings is 2. The van der Waals surface area contributed by atoms with Crippen LogP contribution in [0.3, 0.4) is 0 Å². The highest BCUT2D eigenvalue weighted by molar-refractivity contribution is 9.10. The van der Waals surface area contributed by atoms with E-state index in [0.29, 0.717) is 5.56 Å². The molecule has 0 atom stereocenters. The zero-order chi connectivity index (χ0) is 15.1. The van der Waals surface area contributed by atoms with Crippen LogP contribution in [0.1, 0.15) is 42.1 Å². The number of hydrogen-bond acceptors (Lipinski definition) is 1. The number of carbonyl (C=O) groups is 1. The third kappa shape index (κ3) is 5.01. The van der Waals surface area contributed by atoms with Gasteiger partial charge < -0.3 is 5.32 Å². The van der Waals surface area contributed by atoms with Crippen LogP contribution in [-0.2, 0) is 6.42 Å². The fraction of sp³-hybridized carbons (Fsp3) is 0.278. The molecular formula is C18H20BrNO. The molecule has 2 aromatic rings. The van der Waals surface area contributed by atoms with Crippen LogP contribution in [0.25, 0.3) is 0 Å². The molecule has 3 heteroatoms. The molecule has 2 nitrogen and oxygen atoms in total. The second kappa shape index (κ2) is 7.99. The first-order valence-corrected chi connectivity index (χ1v) is 8.14. The van der Waals surface area contributed by atoms with Gasteiger partial charge in [-0.2, -0.15) is 0 Å². The summed E-state index contributed by atoms with van der Waals surface area (Å²) in [6, 6.07) is 15.5. The van der Waals surface area contributed by atoms with E-state index in [-0.39, 0.29) is 5.91 Å². The smallest absolute Gasteiger partial charge is 0.255 e. The Labute approximate surface area is 134 Å². The van der Waals surface area contributed by atoms with E-state index in [1.54, 1.807) is 12.1 Å². The van der Waals surface area contributed by atoms with E-state index >= 15 is 0 Å². The molecule has 2 aromatic carbocycles. The maximum atomic E-state index is 12.1. The average Bonchev–Trinajstić information content (AvgIpc) is 2.50. The molecule has 0 unspecified atom stereocenters. The SMILES string of the molecule is CCCCCc1ccc(NC(=O)c2ccc(Br)cc2)cc1. The molecule has 0 aliphatic carbocycles.